The van der Waals surface area contributed by atoms with E-state index in [2.05, 4.69) is 101 Å². The van der Waals surface area contributed by atoms with Crippen molar-refractivity contribution in [1.29, 1.82) is 0 Å². The summed E-state index contributed by atoms with van der Waals surface area (Å²) in [6.45, 7) is 0. The number of hydrogen-bond acceptors (Lipinski definition) is 2. The SMILES string of the molecule is C1=C(c2ccccc2)N2c3ccccc3N[C@@]23CCCC[C@@H]3[C@@H]1c1ccccc1. The van der Waals surface area contributed by atoms with Gasteiger partial charge in [0.25, 0.3) is 0 Å². The van der Waals surface area contributed by atoms with E-state index in [4.69, 9.17) is 0 Å². The van der Waals surface area contributed by atoms with Crippen molar-refractivity contribution in [1.82, 2.24) is 0 Å². The van der Waals surface area contributed by atoms with Crippen LogP contribution in [-0.4, -0.2) is 5.66 Å². The zero-order valence-corrected chi connectivity index (χ0v) is 16.6. The Hall–Kier alpha value is -3.00. The molecule has 1 saturated carbocycles. The summed E-state index contributed by atoms with van der Waals surface area (Å²) in [7, 11) is 0. The summed E-state index contributed by atoms with van der Waals surface area (Å²) in [5.41, 5.74) is 6.63. The fraction of sp³-hybridized carbons (Fsp3) is 0.259. The molecule has 144 valence electrons. The van der Waals surface area contributed by atoms with Gasteiger partial charge in [-0.05, 0) is 42.5 Å². The Bertz CT molecular complexity index is 1060. The van der Waals surface area contributed by atoms with E-state index in [1.807, 2.05) is 0 Å². The molecule has 0 aromatic heterocycles. The van der Waals surface area contributed by atoms with Gasteiger partial charge < -0.3 is 10.2 Å². The molecule has 2 heteroatoms. The molecule has 3 aromatic rings. The van der Waals surface area contributed by atoms with E-state index in [-0.39, 0.29) is 5.66 Å². The van der Waals surface area contributed by atoms with Crippen molar-refractivity contribution in [2.75, 3.05) is 10.2 Å². The number of rotatable bonds is 2. The van der Waals surface area contributed by atoms with Gasteiger partial charge in [0.05, 0.1) is 11.4 Å². The quantitative estimate of drug-likeness (QED) is 0.537. The average Bonchev–Trinajstić information content (AvgIpc) is 3.13. The minimum absolute atomic E-state index is 0.0393. The van der Waals surface area contributed by atoms with Crippen LogP contribution in [0.5, 0.6) is 0 Å². The molecule has 1 fully saturated rings. The second kappa shape index (κ2) is 6.52. The first-order chi connectivity index (χ1) is 14.4. The van der Waals surface area contributed by atoms with E-state index < -0.39 is 0 Å². The highest BCUT2D eigenvalue weighted by Crippen LogP contribution is 2.58. The van der Waals surface area contributed by atoms with Crippen LogP contribution in [0, 0.1) is 5.92 Å². The van der Waals surface area contributed by atoms with Gasteiger partial charge >= 0.3 is 0 Å². The Balaban J connectivity index is 1.61. The van der Waals surface area contributed by atoms with E-state index in [1.165, 1.54) is 53.9 Å². The summed E-state index contributed by atoms with van der Waals surface area (Å²) in [5, 5.41) is 4.04. The normalized spacial score (nSPS) is 27.3. The van der Waals surface area contributed by atoms with Gasteiger partial charge in [-0.3, -0.25) is 0 Å². The first kappa shape index (κ1) is 16.9. The maximum atomic E-state index is 4.04. The van der Waals surface area contributed by atoms with Crippen LogP contribution < -0.4 is 10.2 Å². The number of hydrogen-bond donors (Lipinski definition) is 1. The van der Waals surface area contributed by atoms with Crippen LogP contribution in [-0.2, 0) is 0 Å². The van der Waals surface area contributed by atoms with Gasteiger partial charge in [0.1, 0.15) is 5.66 Å². The van der Waals surface area contributed by atoms with E-state index in [0.717, 1.165) is 0 Å². The Labute approximate surface area is 172 Å². The maximum Gasteiger partial charge on any atom is 0.119 e. The topological polar surface area (TPSA) is 15.3 Å². The predicted octanol–water partition coefficient (Wildman–Crippen LogP) is 6.64. The first-order valence-corrected chi connectivity index (χ1v) is 10.9. The molecule has 2 heterocycles. The highest BCUT2D eigenvalue weighted by Gasteiger charge is 2.56. The molecule has 6 rings (SSSR count). The van der Waals surface area contributed by atoms with Crippen LogP contribution in [0.3, 0.4) is 0 Å². The molecule has 1 aliphatic carbocycles. The summed E-state index contributed by atoms with van der Waals surface area (Å²) in [6, 6.07) is 30.9. The largest absolute Gasteiger partial charge is 0.360 e. The number of allylic oxidation sites excluding steroid dienone is 1. The standard InChI is InChI=1S/C27H26N2/c1-3-11-20(12-4-1)22-19-26(21-13-5-2-6-14-21)29-25-17-8-7-16-24(25)28-27(29)18-10-9-15-23(22)27/h1-8,11-14,16-17,19,22-23,28H,9-10,15,18H2/t22-,23+,27-/m0/s1. The second-order valence-corrected chi connectivity index (χ2v) is 8.61. The van der Waals surface area contributed by atoms with E-state index >= 15 is 0 Å². The molecule has 2 nitrogen and oxygen atoms in total. The third-order valence-electron chi connectivity index (χ3n) is 7.10. The van der Waals surface area contributed by atoms with Crippen molar-refractivity contribution in [3.05, 3.63) is 102 Å². The zero-order chi connectivity index (χ0) is 19.3. The lowest BCUT2D eigenvalue weighted by atomic mass is 9.66. The molecule has 3 aliphatic rings. The van der Waals surface area contributed by atoms with Gasteiger partial charge in [-0.15, -0.1) is 0 Å². The first-order valence-electron chi connectivity index (χ1n) is 10.9. The molecule has 29 heavy (non-hydrogen) atoms. The summed E-state index contributed by atoms with van der Waals surface area (Å²) in [4.78, 5) is 2.64. The van der Waals surface area contributed by atoms with Gasteiger partial charge in [-0.2, -0.15) is 0 Å². The molecular formula is C27H26N2. The summed E-state index contributed by atoms with van der Waals surface area (Å²) >= 11 is 0. The van der Waals surface area contributed by atoms with Gasteiger partial charge in [0.2, 0.25) is 0 Å². The van der Waals surface area contributed by atoms with Gasteiger partial charge in [-0.25, -0.2) is 0 Å². The van der Waals surface area contributed by atoms with Crippen molar-refractivity contribution >= 4 is 17.1 Å². The molecule has 2 aliphatic heterocycles. The molecule has 1 spiro atoms. The Kier molecular flexibility index (Phi) is 3.80. The Morgan fingerprint density at radius 3 is 2.34 bits per heavy atom. The Morgan fingerprint density at radius 2 is 1.52 bits per heavy atom. The number of nitrogens with one attached hydrogen (secondary N) is 1. The van der Waals surface area contributed by atoms with E-state index in [1.54, 1.807) is 0 Å². The molecule has 3 atom stereocenters. The molecule has 0 radical (unpaired) electrons. The van der Waals surface area contributed by atoms with Crippen molar-refractivity contribution < 1.29 is 0 Å². The smallest absolute Gasteiger partial charge is 0.119 e. The minimum atomic E-state index is -0.0393. The summed E-state index contributed by atoms with van der Waals surface area (Å²) < 4.78 is 0. The maximum absolute atomic E-state index is 4.04. The highest BCUT2D eigenvalue weighted by atomic mass is 15.4. The lowest BCUT2D eigenvalue weighted by Gasteiger charge is -2.54. The number of anilines is 2. The molecular weight excluding hydrogens is 352 g/mol. The molecule has 1 N–H and O–H groups in total. The minimum Gasteiger partial charge on any atom is -0.360 e. The summed E-state index contributed by atoms with van der Waals surface area (Å²) in [6.07, 6.45) is 7.58. The number of benzene rings is 3. The van der Waals surface area contributed by atoms with Gasteiger partial charge in [-0.1, -0.05) is 85.3 Å². The highest BCUT2D eigenvalue weighted by molar-refractivity contribution is 5.93. The number of para-hydroxylation sites is 2. The van der Waals surface area contributed by atoms with Crippen LogP contribution in [0.1, 0.15) is 42.7 Å². The van der Waals surface area contributed by atoms with Gasteiger partial charge in [0.15, 0.2) is 0 Å². The van der Waals surface area contributed by atoms with Crippen molar-refractivity contribution in [3.8, 4) is 0 Å². The average molecular weight is 379 g/mol. The molecule has 3 aromatic carbocycles. The lowest BCUT2D eigenvalue weighted by molar-refractivity contribution is 0.198. The predicted molar refractivity (Wildman–Crippen MR) is 121 cm³/mol. The van der Waals surface area contributed by atoms with Crippen LogP contribution in [0.2, 0.25) is 0 Å². The van der Waals surface area contributed by atoms with Crippen molar-refractivity contribution in [2.45, 2.75) is 37.3 Å². The third kappa shape index (κ3) is 2.48. The Morgan fingerprint density at radius 1 is 0.793 bits per heavy atom. The molecule has 0 bridgehead atoms. The second-order valence-electron chi connectivity index (χ2n) is 8.61. The molecule has 0 unspecified atom stereocenters. The third-order valence-corrected chi connectivity index (χ3v) is 7.10. The zero-order valence-electron chi connectivity index (χ0n) is 16.6. The number of nitrogens with zero attached hydrogens (tertiary/aromatic N) is 1. The van der Waals surface area contributed by atoms with Crippen LogP contribution in [0.4, 0.5) is 11.4 Å². The summed E-state index contributed by atoms with van der Waals surface area (Å²) in [5.74, 6) is 0.975. The van der Waals surface area contributed by atoms with E-state index in [0.29, 0.717) is 11.8 Å². The fourth-order valence-electron chi connectivity index (χ4n) is 5.91. The number of fused-ring (bicyclic) bond motifs is 2. The molecule has 0 saturated heterocycles. The molecule has 0 amide bonds. The van der Waals surface area contributed by atoms with Crippen LogP contribution in [0.15, 0.2) is 91.0 Å². The van der Waals surface area contributed by atoms with E-state index in [9.17, 15) is 0 Å². The van der Waals surface area contributed by atoms with Gasteiger partial charge in [0, 0.05) is 17.5 Å². The lowest BCUT2D eigenvalue weighted by Crippen LogP contribution is -2.60. The van der Waals surface area contributed by atoms with Crippen LogP contribution >= 0.6 is 0 Å². The fourth-order valence-corrected chi connectivity index (χ4v) is 5.91. The van der Waals surface area contributed by atoms with Crippen molar-refractivity contribution in [3.63, 3.8) is 0 Å². The van der Waals surface area contributed by atoms with Crippen LogP contribution in [0.25, 0.3) is 5.70 Å². The monoisotopic (exact) mass is 378 g/mol. The van der Waals surface area contributed by atoms with Crippen molar-refractivity contribution in [2.24, 2.45) is 5.92 Å².